The number of carbonyl (C=O) groups is 2. The highest BCUT2D eigenvalue weighted by molar-refractivity contribution is 6.00. The molecule has 5 heteroatoms. The zero-order valence-electron chi connectivity index (χ0n) is 14.2. The summed E-state index contributed by atoms with van der Waals surface area (Å²) in [5.74, 6) is 0.291. The van der Waals surface area contributed by atoms with Crippen LogP contribution in [-0.4, -0.2) is 16.8 Å². The van der Waals surface area contributed by atoms with E-state index in [0.717, 1.165) is 51.4 Å². The molecule has 130 valence electrons. The molecule has 2 saturated carbocycles. The van der Waals surface area contributed by atoms with E-state index >= 15 is 0 Å². The second kappa shape index (κ2) is 8.27. The Morgan fingerprint density at radius 1 is 0.792 bits per heavy atom. The van der Waals surface area contributed by atoms with Crippen LogP contribution in [0.5, 0.6) is 0 Å². The largest absolute Gasteiger partial charge is 0.324 e. The predicted molar refractivity (Wildman–Crippen MR) is 94.6 cm³/mol. The number of amides is 2. The summed E-state index contributed by atoms with van der Waals surface area (Å²) < 4.78 is 0. The maximum absolute atomic E-state index is 12.5. The van der Waals surface area contributed by atoms with E-state index < -0.39 is 0 Å². The van der Waals surface area contributed by atoms with Crippen molar-refractivity contribution >= 4 is 23.2 Å². The normalized spacial score (nSPS) is 19.7. The molecule has 5 nitrogen and oxygen atoms in total. The average molecular weight is 329 g/mol. The van der Waals surface area contributed by atoms with Crippen molar-refractivity contribution in [2.45, 2.75) is 64.2 Å². The maximum atomic E-state index is 12.5. The molecule has 24 heavy (non-hydrogen) atoms. The van der Waals surface area contributed by atoms with Gasteiger partial charge in [0.05, 0.1) is 17.6 Å². The number of aromatic nitrogens is 1. The van der Waals surface area contributed by atoms with Crippen LogP contribution in [0.15, 0.2) is 18.5 Å². The fourth-order valence-corrected chi connectivity index (χ4v) is 3.80. The molecule has 3 rings (SSSR count). The Bertz CT molecular complexity index is 525. The summed E-state index contributed by atoms with van der Waals surface area (Å²) in [6, 6.07) is 1.76. The first kappa shape index (κ1) is 16.9. The average Bonchev–Trinajstić information content (AvgIpc) is 2.64. The quantitative estimate of drug-likeness (QED) is 0.873. The highest BCUT2D eigenvalue weighted by Crippen LogP contribution is 2.29. The molecule has 0 aliphatic heterocycles. The van der Waals surface area contributed by atoms with Crippen molar-refractivity contribution in [3.63, 3.8) is 0 Å². The highest BCUT2D eigenvalue weighted by atomic mass is 16.2. The molecular weight excluding hydrogens is 302 g/mol. The van der Waals surface area contributed by atoms with Gasteiger partial charge in [-0.15, -0.1) is 0 Å². The van der Waals surface area contributed by atoms with Crippen LogP contribution in [0.1, 0.15) is 64.2 Å². The molecule has 2 fully saturated rings. The molecule has 2 aliphatic rings. The number of rotatable bonds is 4. The van der Waals surface area contributed by atoms with E-state index in [9.17, 15) is 9.59 Å². The van der Waals surface area contributed by atoms with Gasteiger partial charge in [-0.1, -0.05) is 38.5 Å². The Balaban J connectivity index is 1.63. The minimum atomic E-state index is 0.0517. The molecule has 0 saturated heterocycles. The van der Waals surface area contributed by atoms with Crippen LogP contribution in [0, 0.1) is 11.8 Å². The summed E-state index contributed by atoms with van der Waals surface area (Å²) in [6.07, 6.45) is 14.0. The molecule has 0 unspecified atom stereocenters. The fraction of sp³-hybridized carbons (Fsp3) is 0.632. The van der Waals surface area contributed by atoms with Gasteiger partial charge < -0.3 is 10.6 Å². The fourth-order valence-electron chi connectivity index (χ4n) is 3.80. The van der Waals surface area contributed by atoms with Crippen LogP contribution < -0.4 is 10.6 Å². The number of hydrogen-bond acceptors (Lipinski definition) is 3. The minimum absolute atomic E-state index is 0.0517. The molecular formula is C19H27N3O2. The van der Waals surface area contributed by atoms with E-state index in [2.05, 4.69) is 15.6 Å². The van der Waals surface area contributed by atoms with Crippen molar-refractivity contribution in [1.29, 1.82) is 0 Å². The Hall–Kier alpha value is -1.91. The van der Waals surface area contributed by atoms with Gasteiger partial charge in [-0.25, -0.2) is 0 Å². The molecule has 1 aromatic rings. The number of hydrogen-bond donors (Lipinski definition) is 2. The Morgan fingerprint density at radius 3 is 1.83 bits per heavy atom. The second-order valence-electron chi connectivity index (χ2n) is 7.07. The molecule has 1 heterocycles. The lowest BCUT2D eigenvalue weighted by Gasteiger charge is -2.23. The predicted octanol–water partition coefficient (Wildman–Crippen LogP) is 4.12. The van der Waals surface area contributed by atoms with Gasteiger partial charge in [-0.2, -0.15) is 0 Å². The van der Waals surface area contributed by atoms with Crippen molar-refractivity contribution in [3.8, 4) is 0 Å². The van der Waals surface area contributed by atoms with Crippen molar-refractivity contribution in [1.82, 2.24) is 4.98 Å². The van der Waals surface area contributed by atoms with Gasteiger partial charge >= 0.3 is 0 Å². The van der Waals surface area contributed by atoms with Gasteiger partial charge in [0.1, 0.15) is 0 Å². The van der Waals surface area contributed by atoms with E-state index in [4.69, 9.17) is 0 Å². The van der Waals surface area contributed by atoms with Crippen LogP contribution in [-0.2, 0) is 9.59 Å². The van der Waals surface area contributed by atoms with Gasteiger partial charge in [0.2, 0.25) is 11.8 Å². The molecule has 2 aliphatic carbocycles. The maximum Gasteiger partial charge on any atom is 0.227 e. The first-order valence-electron chi connectivity index (χ1n) is 9.30. The van der Waals surface area contributed by atoms with Crippen molar-refractivity contribution in [2.75, 3.05) is 10.6 Å². The molecule has 1 aromatic heterocycles. The molecule has 0 radical (unpaired) electrons. The molecule has 2 N–H and O–H groups in total. The van der Waals surface area contributed by atoms with E-state index in [1.807, 2.05) is 0 Å². The van der Waals surface area contributed by atoms with Crippen LogP contribution in [0.4, 0.5) is 11.4 Å². The zero-order valence-corrected chi connectivity index (χ0v) is 14.2. The Morgan fingerprint density at radius 2 is 1.29 bits per heavy atom. The molecule has 0 spiro atoms. The zero-order chi connectivity index (χ0) is 16.8. The number of pyridine rings is 1. The molecule has 0 aromatic carbocycles. The van der Waals surface area contributed by atoms with Crippen LogP contribution >= 0.6 is 0 Å². The summed E-state index contributed by atoms with van der Waals surface area (Å²) in [4.78, 5) is 29.0. The standard InChI is InChI=1S/C19H27N3O2/c23-18(14-7-3-1-4-8-14)21-16-11-12-20-13-17(16)22-19(24)15-9-5-2-6-10-15/h11-15H,1-10H2,(H,22,24)(H,20,21,23). The van der Waals surface area contributed by atoms with E-state index in [-0.39, 0.29) is 23.7 Å². The third-order valence-corrected chi connectivity index (χ3v) is 5.29. The van der Waals surface area contributed by atoms with E-state index in [1.165, 1.54) is 12.8 Å². The lowest BCUT2D eigenvalue weighted by Crippen LogP contribution is -2.27. The lowest BCUT2D eigenvalue weighted by molar-refractivity contribution is -0.121. The smallest absolute Gasteiger partial charge is 0.227 e. The van der Waals surface area contributed by atoms with E-state index in [1.54, 1.807) is 18.5 Å². The monoisotopic (exact) mass is 329 g/mol. The topological polar surface area (TPSA) is 71.1 Å². The SMILES string of the molecule is O=C(Nc1ccncc1NC(=O)C1CCCCC1)C1CCCCC1. The van der Waals surface area contributed by atoms with E-state index in [0.29, 0.717) is 11.4 Å². The van der Waals surface area contributed by atoms with Crippen LogP contribution in [0.3, 0.4) is 0 Å². The van der Waals surface area contributed by atoms with Crippen molar-refractivity contribution in [2.24, 2.45) is 11.8 Å². The highest BCUT2D eigenvalue weighted by Gasteiger charge is 2.24. The summed E-state index contributed by atoms with van der Waals surface area (Å²) in [6.45, 7) is 0. The van der Waals surface area contributed by atoms with Crippen molar-refractivity contribution < 1.29 is 9.59 Å². The molecule has 0 bridgehead atoms. The van der Waals surface area contributed by atoms with Gasteiger partial charge in [0.25, 0.3) is 0 Å². The summed E-state index contributed by atoms with van der Waals surface area (Å²) >= 11 is 0. The number of carbonyl (C=O) groups excluding carboxylic acids is 2. The van der Waals surface area contributed by atoms with Gasteiger partial charge in [0.15, 0.2) is 0 Å². The molecule has 2 amide bonds. The Labute approximate surface area is 143 Å². The second-order valence-corrected chi connectivity index (χ2v) is 7.07. The number of nitrogens with zero attached hydrogens (tertiary/aromatic N) is 1. The third kappa shape index (κ3) is 4.34. The van der Waals surface area contributed by atoms with Crippen LogP contribution in [0.25, 0.3) is 0 Å². The number of nitrogens with one attached hydrogen (secondary N) is 2. The summed E-state index contributed by atoms with van der Waals surface area (Å²) in [5, 5.41) is 5.97. The van der Waals surface area contributed by atoms with Crippen LogP contribution in [0.2, 0.25) is 0 Å². The lowest BCUT2D eigenvalue weighted by atomic mass is 9.88. The summed E-state index contributed by atoms with van der Waals surface area (Å²) in [5.41, 5.74) is 1.27. The third-order valence-electron chi connectivity index (χ3n) is 5.29. The molecule has 0 atom stereocenters. The number of anilines is 2. The van der Waals surface area contributed by atoms with Crippen molar-refractivity contribution in [3.05, 3.63) is 18.5 Å². The first-order chi connectivity index (χ1) is 11.7. The van der Waals surface area contributed by atoms with Gasteiger partial charge in [-0.05, 0) is 31.7 Å². The van der Waals surface area contributed by atoms with Gasteiger partial charge in [-0.3, -0.25) is 14.6 Å². The Kier molecular flexibility index (Phi) is 5.83. The minimum Gasteiger partial charge on any atom is -0.324 e. The summed E-state index contributed by atoms with van der Waals surface area (Å²) in [7, 11) is 0. The van der Waals surface area contributed by atoms with Gasteiger partial charge in [0, 0.05) is 18.0 Å². The first-order valence-corrected chi connectivity index (χ1v) is 9.30.